The fourth-order valence-electron chi connectivity index (χ4n) is 3.70. The van der Waals surface area contributed by atoms with Gasteiger partial charge in [0, 0.05) is 25.2 Å². The van der Waals surface area contributed by atoms with Crippen LogP contribution in [0.2, 0.25) is 0 Å². The number of nitrogens with one attached hydrogen (secondary N) is 1. The average molecular weight is 418 g/mol. The van der Waals surface area contributed by atoms with Gasteiger partial charge in [-0.3, -0.25) is 4.90 Å². The first-order chi connectivity index (χ1) is 15.2. The molecule has 1 aromatic heterocycles. The molecule has 0 saturated carbocycles. The highest BCUT2D eigenvalue weighted by atomic mass is 16.5. The lowest BCUT2D eigenvalue weighted by molar-refractivity contribution is 0.0186. The molecule has 1 aliphatic heterocycles. The van der Waals surface area contributed by atoms with Gasteiger partial charge < -0.3 is 19.2 Å². The Morgan fingerprint density at radius 1 is 1.13 bits per heavy atom. The van der Waals surface area contributed by atoms with Gasteiger partial charge in [0.1, 0.15) is 11.8 Å². The van der Waals surface area contributed by atoms with Crippen LogP contribution in [0.3, 0.4) is 0 Å². The number of benzene rings is 2. The molecule has 7 nitrogen and oxygen atoms in total. The molecule has 0 aliphatic carbocycles. The molecular weight excluding hydrogens is 392 g/mol. The standard InChI is InChI=1S/C24H26N4O3/c1-17-3-5-18(6-4-17)22(28-11-13-30-14-12-28)16-26-24-21(15-25)27-23(31-24)19-7-9-20(29-2)10-8-19/h3-10,22,26H,11-14,16H2,1-2H3. The molecule has 7 heteroatoms. The number of hydrogen-bond acceptors (Lipinski definition) is 7. The van der Waals surface area contributed by atoms with E-state index < -0.39 is 0 Å². The molecule has 1 saturated heterocycles. The largest absolute Gasteiger partial charge is 0.497 e. The highest BCUT2D eigenvalue weighted by Gasteiger charge is 2.24. The number of aryl methyl sites for hydroxylation is 1. The fourth-order valence-corrected chi connectivity index (χ4v) is 3.70. The molecule has 1 aliphatic rings. The smallest absolute Gasteiger partial charge is 0.232 e. The normalized spacial score (nSPS) is 15.3. The van der Waals surface area contributed by atoms with E-state index in [-0.39, 0.29) is 11.7 Å². The lowest BCUT2D eigenvalue weighted by Crippen LogP contribution is -2.41. The first-order valence-electron chi connectivity index (χ1n) is 10.4. The van der Waals surface area contributed by atoms with E-state index in [2.05, 4.69) is 52.5 Å². The van der Waals surface area contributed by atoms with Crippen LogP contribution in [0.25, 0.3) is 11.5 Å². The third-order valence-electron chi connectivity index (χ3n) is 5.47. The predicted molar refractivity (Wildman–Crippen MR) is 118 cm³/mol. The quantitative estimate of drug-likeness (QED) is 0.620. The van der Waals surface area contributed by atoms with Crippen molar-refractivity contribution < 1.29 is 13.9 Å². The van der Waals surface area contributed by atoms with Gasteiger partial charge in [-0.1, -0.05) is 29.8 Å². The molecule has 2 heterocycles. The van der Waals surface area contributed by atoms with Gasteiger partial charge in [-0.2, -0.15) is 10.2 Å². The van der Waals surface area contributed by atoms with E-state index in [4.69, 9.17) is 13.9 Å². The monoisotopic (exact) mass is 418 g/mol. The van der Waals surface area contributed by atoms with Crippen molar-refractivity contribution >= 4 is 5.88 Å². The maximum Gasteiger partial charge on any atom is 0.232 e. The summed E-state index contributed by atoms with van der Waals surface area (Å²) in [5.41, 5.74) is 3.47. The van der Waals surface area contributed by atoms with Crippen LogP contribution in [0.15, 0.2) is 52.9 Å². The minimum atomic E-state index is 0.130. The molecule has 1 atom stereocenters. The molecule has 2 aromatic carbocycles. The van der Waals surface area contributed by atoms with Crippen LogP contribution in [0, 0.1) is 18.3 Å². The van der Waals surface area contributed by atoms with Crippen molar-refractivity contribution in [1.82, 2.24) is 9.88 Å². The Morgan fingerprint density at radius 3 is 2.48 bits per heavy atom. The summed E-state index contributed by atoms with van der Waals surface area (Å²) >= 11 is 0. The number of nitrogens with zero attached hydrogens (tertiary/aromatic N) is 3. The number of ether oxygens (including phenoxy) is 2. The van der Waals surface area contributed by atoms with Crippen LogP contribution < -0.4 is 10.1 Å². The van der Waals surface area contributed by atoms with Crippen LogP contribution >= 0.6 is 0 Å². The zero-order valence-corrected chi connectivity index (χ0v) is 17.8. The summed E-state index contributed by atoms with van der Waals surface area (Å²) < 4.78 is 16.7. The van der Waals surface area contributed by atoms with Crippen LogP contribution in [0.5, 0.6) is 5.75 Å². The Balaban J connectivity index is 1.55. The van der Waals surface area contributed by atoms with Crippen molar-refractivity contribution in [2.24, 2.45) is 0 Å². The highest BCUT2D eigenvalue weighted by molar-refractivity contribution is 5.59. The molecule has 0 bridgehead atoms. The topological polar surface area (TPSA) is 83.5 Å². The van der Waals surface area contributed by atoms with Gasteiger partial charge in [-0.05, 0) is 36.8 Å². The molecule has 4 rings (SSSR count). The van der Waals surface area contributed by atoms with Crippen LogP contribution in [0.1, 0.15) is 22.9 Å². The van der Waals surface area contributed by atoms with E-state index in [0.29, 0.717) is 18.3 Å². The first-order valence-corrected chi connectivity index (χ1v) is 10.4. The molecule has 0 amide bonds. The van der Waals surface area contributed by atoms with Gasteiger partial charge in [0.15, 0.2) is 0 Å². The minimum Gasteiger partial charge on any atom is -0.497 e. The number of oxazole rings is 1. The first kappa shape index (κ1) is 20.9. The van der Waals surface area contributed by atoms with Gasteiger partial charge in [0.2, 0.25) is 17.5 Å². The lowest BCUT2D eigenvalue weighted by atomic mass is 10.0. The maximum atomic E-state index is 9.56. The molecule has 31 heavy (non-hydrogen) atoms. The van der Waals surface area contributed by atoms with Gasteiger partial charge >= 0.3 is 0 Å². The molecule has 1 N–H and O–H groups in total. The summed E-state index contributed by atoms with van der Waals surface area (Å²) in [6.45, 7) is 5.83. The van der Waals surface area contributed by atoms with E-state index in [1.54, 1.807) is 7.11 Å². The summed E-state index contributed by atoms with van der Waals surface area (Å²) in [7, 11) is 1.62. The Kier molecular flexibility index (Phi) is 6.51. The van der Waals surface area contributed by atoms with Gasteiger partial charge in [-0.15, -0.1) is 0 Å². The molecule has 1 unspecified atom stereocenters. The molecule has 1 fully saturated rings. The Labute approximate surface area is 182 Å². The number of methoxy groups -OCH3 is 1. The fraction of sp³-hybridized carbons (Fsp3) is 0.333. The molecule has 0 radical (unpaired) electrons. The third-order valence-corrected chi connectivity index (χ3v) is 5.47. The maximum absolute atomic E-state index is 9.56. The SMILES string of the molecule is COc1ccc(-c2nc(C#N)c(NCC(c3ccc(C)cc3)N3CCOCC3)o2)cc1. The molecular formula is C24H26N4O3. The van der Waals surface area contributed by atoms with Crippen molar-refractivity contribution in [1.29, 1.82) is 5.26 Å². The molecule has 3 aromatic rings. The summed E-state index contributed by atoms with van der Waals surface area (Å²) in [6, 6.07) is 18.2. The average Bonchev–Trinajstić information content (AvgIpc) is 3.24. The Bertz CT molecular complexity index is 1030. The number of rotatable bonds is 7. The van der Waals surface area contributed by atoms with Gasteiger partial charge in [-0.25, -0.2) is 0 Å². The van der Waals surface area contributed by atoms with E-state index >= 15 is 0 Å². The van der Waals surface area contributed by atoms with Crippen LogP contribution in [-0.4, -0.2) is 49.8 Å². The van der Waals surface area contributed by atoms with Crippen LogP contribution in [-0.2, 0) is 4.74 Å². The predicted octanol–water partition coefficient (Wildman–Crippen LogP) is 4.02. The lowest BCUT2D eigenvalue weighted by Gasteiger charge is -2.35. The minimum absolute atomic E-state index is 0.130. The van der Waals surface area contributed by atoms with Gasteiger partial charge in [0.05, 0.1) is 26.4 Å². The second-order valence-electron chi connectivity index (χ2n) is 7.49. The summed E-state index contributed by atoms with van der Waals surface area (Å²) in [4.78, 5) is 6.76. The highest BCUT2D eigenvalue weighted by Crippen LogP contribution is 2.29. The molecule has 160 valence electrons. The van der Waals surface area contributed by atoms with Crippen molar-refractivity contribution in [2.45, 2.75) is 13.0 Å². The number of aromatic nitrogens is 1. The van der Waals surface area contributed by atoms with E-state index in [0.717, 1.165) is 37.6 Å². The van der Waals surface area contributed by atoms with Crippen molar-refractivity contribution in [3.63, 3.8) is 0 Å². The number of morpholine rings is 1. The second-order valence-corrected chi connectivity index (χ2v) is 7.49. The molecule has 0 spiro atoms. The summed E-state index contributed by atoms with van der Waals surface area (Å²) in [6.07, 6.45) is 0. The van der Waals surface area contributed by atoms with Crippen LogP contribution in [0.4, 0.5) is 5.88 Å². The third kappa shape index (κ3) is 4.88. The zero-order chi connectivity index (χ0) is 21.6. The summed E-state index contributed by atoms with van der Waals surface area (Å²) in [5, 5.41) is 12.9. The Hall–Kier alpha value is -3.34. The second kappa shape index (κ2) is 9.65. The Morgan fingerprint density at radius 2 is 1.84 bits per heavy atom. The summed E-state index contributed by atoms with van der Waals surface area (Å²) in [5.74, 6) is 1.54. The van der Waals surface area contributed by atoms with Gasteiger partial charge in [0.25, 0.3) is 0 Å². The zero-order valence-electron chi connectivity index (χ0n) is 17.8. The van der Waals surface area contributed by atoms with E-state index in [9.17, 15) is 5.26 Å². The number of nitriles is 1. The van der Waals surface area contributed by atoms with Crippen molar-refractivity contribution in [3.8, 4) is 23.3 Å². The number of hydrogen-bond donors (Lipinski definition) is 1. The number of anilines is 1. The van der Waals surface area contributed by atoms with Crippen molar-refractivity contribution in [2.75, 3.05) is 45.3 Å². The van der Waals surface area contributed by atoms with E-state index in [1.807, 2.05) is 24.3 Å². The van der Waals surface area contributed by atoms with Crippen molar-refractivity contribution in [3.05, 3.63) is 65.4 Å². The van der Waals surface area contributed by atoms with E-state index in [1.165, 1.54) is 11.1 Å².